The van der Waals surface area contributed by atoms with Crippen molar-refractivity contribution in [2.24, 2.45) is 0 Å². The molecule has 0 aliphatic heterocycles. The van der Waals surface area contributed by atoms with Gasteiger partial charge in [0.15, 0.2) is 0 Å². The molecule has 0 fully saturated rings. The Morgan fingerprint density at radius 2 is 0.683 bits per heavy atom. The summed E-state index contributed by atoms with van der Waals surface area (Å²) in [7, 11) is 2.69. The maximum atomic E-state index is 7.00. The molecule has 0 aromatic heterocycles. The topological polar surface area (TPSA) is 57.2 Å². The van der Waals surface area contributed by atoms with Gasteiger partial charge in [0, 0.05) is 37.8 Å². The molecule has 0 saturated heterocycles. The first kappa shape index (κ1) is 93.1. The van der Waals surface area contributed by atoms with Crippen molar-refractivity contribution in [3.8, 4) is 5.75 Å². The molecule has 2 unspecified atom stereocenters. The summed E-state index contributed by atoms with van der Waals surface area (Å²) in [6, 6.07) is 103. The highest BCUT2D eigenvalue weighted by molar-refractivity contribution is 5.55. The van der Waals surface area contributed by atoms with E-state index in [0.717, 1.165) is 120 Å². The number of hydrogen-bond donors (Lipinski definition) is 1. The van der Waals surface area contributed by atoms with Gasteiger partial charge in [0.1, 0.15) is 22.6 Å². The van der Waals surface area contributed by atoms with Crippen molar-refractivity contribution in [3.63, 3.8) is 0 Å². The Kier molecular flexibility index (Phi) is 38.6. The number of rotatable bonds is 31. The second-order valence-corrected chi connectivity index (χ2v) is 31.3. The Hall–Kier alpha value is -10.8. The fourth-order valence-corrected chi connectivity index (χ4v) is 17.5. The summed E-state index contributed by atoms with van der Waals surface area (Å²) in [4.78, 5) is 0. The minimum absolute atomic E-state index is 0.0159. The van der Waals surface area contributed by atoms with Crippen LogP contribution in [0.25, 0.3) is 0 Å². The summed E-state index contributed by atoms with van der Waals surface area (Å²) in [6.07, 6.45) is 49.3. The zero-order valence-corrected chi connectivity index (χ0v) is 73.8. The molecule has 10 aromatic rings. The number of aliphatic hydroxyl groups is 1. The van der Waals surface area contributed by atoms with Crippen molar-refractivity contribution in [3.05, 3.63) is 471 Å². The average Bonchev–Trinajstić information content (AvgIpc) is 0.786. The van der Waals surface area contributed by atoms with Gasteiger partial charge >= 0.3 is 0 Å². The number of aryl methyl sites for hydroxylation is 1. The first-order valence-corrected chi connectivity index (χ1v) is 44.3. The number of aliphatic hydroxyl groups excluding tert-OH is 1. The smallest absolute Gasteiger partial charge is 0.143 e. The van der Waals surface area contributed by atoms with Crippen molar-refractivity contribution in [2.75, 3.05) is 34.0 Å². The summed E-state index contributed by atoms with van der Waals surface area (Å²) in [5.41, 5.74) is 20.9. The maximum Gasteiger partial charge on any atom is 0.143 e. The number of hydrogen-bond acceptors (Lipinski definition) is 5. The second-order valence-electron chi connectivity index (χ2n) is 31.3. The molecule has 0 bridgehead atoms. The molecule has 2 atom stereocenters. The summed E-state index contributed by atoms with van der Waals surface area (Å²) >= 11 is 0. The fourth-order valence-electron chi connectivity index (χ4n) is 17.5. The van der Waals surface area contributed by atoms with E-state index in [9.17, 15) is 0 Å². The Morgan fingerprint density at radius 3 is 1.02 bits per heavy atom. The lowest BCUT2D eigenvalue weighted by molar-refractivity contribution is 0.00753. The number of benzene rings is 10. The largest absolute Gasteiger partial charge is 0.497 e. The second kappa shape index (κ2) is 49.7. The van der Waals surface area contributed by atoms with Gasteiger partial charge in [-0.1, -0.05) is 446 Å². The van der Waals surface area contributed by atoms with E-state index in [1.807, 2.05) is 18.2 Å². The number of ether oxygens (including phenoxy) is 4. The molecule has 10 aromatic carbocycles. The minimum Gasteiger partial charge on any atom is -0.497 e. The van der Waals surface area contributed by atoms with Crippen molar-refractivity contribution in [1.29, 1.82) is 0 Å². The molecular weight excluding hydrogens is 1460 g/mol. The lowest BCUT2D eigenvalue weighted by Crippen LogP contribution is -2.34. The summed E-state index contributed by atoms with van der Waals surface area (Å²) < 4.78 is 25.2. The molecule has 0 amide bonds. The Morgan fingerprint density at radius 1 is 0.342 bits per heavy atom. The molecular formula is C115H134O5. The van der Waals surface area contributed by atoms with Gasteiger partial charge in [-0.3, -0.25) is 0 Å². The van der Waals surface area contributed by atoms with Gasteiger partial charge in [0.25, 0.3) is 0 Å². The van der Waals surface area contributed by atoms with E-state index in [2.05, 4.69) is 420 Å². The average molecular weight is 1600 g/mol. The van der Waals surface area contributed by atoms with Crippen molar-refractivity contribution < 1.29 is 24.1 Å². The predicted octanol–water partition coefficient (Wildman–Crippen LogP) is 29.9. The SMILES string of the molecule is C/C=C\C=C(/C)C(CCCC)(C1=CC=CCC1)c1ccccc1.CCCC(C1=CC=CCC1)(c1ccccc1)c1ccccc1.CCCOC(C1=CC=C(C)CC1)(c1ccccc1)c1ccccc1.CCCOC(C1=CC=CCC1)(c1ccccc1)c1ccccc1.CCCOC(c1ccccc1)(c1ccc(C)cc1)c1ccc(OC)cc1.CO. The summed E-state index contributed by atoms with van der Waals surface area (Å²) in [5.74, 6) is 0.843. The quantitative estimate of drug-likeness (QED) is 0.0347. The van der Waals surface area contributed by atoms with Crippen LogP contribution in [0.5, 0.6) is 5.75 Å². The van der Waals surface area contributed by atoms with Crippen LogP contribution in [0, 0.1) is 6.92 Å². The van der Waals surface area contributed by atoms with Crippen molar-refractivity contribution in [2.45, 2.75) is 193 Å². The molecule has 4 aliphatic carbocycles. The Labute approximate surface area is 722 Å². The van der Waals surface area contributed by atoms with Gasteiger partial charge in [-0.2, -0.15) is 0 Å². The monoisotopic (exact) mass is 1600 g/mol. The Balaban J connectivity index is 0.000000170. The first-order valence-electron chi connectivity index (χ1n) is 44.3. The highest BCUT2D eigenvalue weighted by Gasteiger charge is 2.43. The van der Waals surface area contributed by atoms with Crippen LogP contribution >= 0.6 is 0 Å². The van der Waals surface area contributed by atoms with E-state index in [1.54, 1.807) is 18.3 Å². The van der Waals surface area contributed by atoms with Crippen LogP contribution in [-0.4, -0.2) is 39.1 Å². The standard InChI is InChI=1S/C24H26O2.C23H26O.C23H30.C22H24O.C22H24.CH4O/c1-4-18-26-24(20-8-6-5-7-9-20,21-12-10-19(2)11-13-21)22-14-16-23(25-3)17-15-22;1-3-18-24-23(20-10-6-4-7-11-20,21-12-8-5-9-13-21)22-16-14-19(2)15-17-22;1-4-6-14-20(3)23(19-7-5-2,21-15-10-8-11-16-21)22-17-12-9-13-18-22;1-2-18-23-22(19-12-6-3-7-13-19,20-14-8-4-9-15-20)21-16-10-5-11-17-21;1-2-18-22(19-12-6-3-7-13-19,20-14-8-4-9-15-20)21-16-10-5-11-17-21;1-2/h5-17H,4,18H2,1-3H3;4-14,16H,3,15,17-18H2,1-2H3;4,6,8-12,14-17H,5,7,13,18-19H2,1-3H3;3-10,12-16H,2,11,17-18H2,1H3;3-10,12-16H,2,11,17-18H2,1H3;2H,1H3/b;;6-4-,20-14+;;;. The van der Waals surface area contributed by atoms with Gasteiger partial charge in [-0.05, 0) is 190 Å². The van der Waals surface area contributed by atoms with Crippen LogP contribution in [0.15, 0.2) is 410 Å². The summed E-state index contributed by atoms with van der Waals surface area (Å²) in [5, 5.41) is 7.00. The zero-order chi connectivity index (χ0) is 85.0. The van der Waals surface area contributed by atoms with Crippen LogP contribution in [0.3, 0.4) is 0 Å². The van der Waals surface area contributed by atoms with Crippen LogP contribution < -0.4 is 4.74 Å². The third-order valence-corrected chi connectivity index (χ3v) is 23.4. The number of unbranched alkanes of at least 4 members (excludes halogenated alkanes) is 1. The fraction of sp³-hybridized carbons (Fsp3) is 0.304. The molecule has 1 N–H and O–H groups in total. The molecule has 624 valence electrons. The molecule has 0 radical (unpaired) electrons. The van der Waals surface area contributed by atoms with Crippen LogP contribution in [0.1, 0.15) is 219 Å². The first-order chi connectivity index (χ1) is 59.0. The van der Waals surface area contributed by atoms with E-state index in [-0.39, 0.29) is 10.8 Å². The molecule has 0 heterocycles. The van der Waals surface area contributed by atoms with Gasteiger partial charge in [-0.25, -0.2) is 0 Å². The van der Waals surface area contributed by atoms with Gasteiger partial charge in [0.2, 0.25) is 0 Å². The number of methoxy groups -OCH3 is 1. The highest BCUT2D eigenvalue weighted by Crippen LogP contribution is 2.50. The molecule has 0 spiro atoms. The highest BCUT2D eigenvalue weighted by atomic mass is 16.5. The van der Waals surface area contributed by atoms with Crippen LogP contribution in [-0.2, 0) is 41.8 Å². The van der Waals surface area contributed by atoms with Crippen molar-refractivity contribution >= 4 is 0 Å². The molecule has 4 aliphatic rings. The van der Waals surface area contributed by atoms with E-state index < -0.39 is 16.8 Å². The lowest BCUT2D eigenvalue weighted by atomic mass is 9.64. The normalized spacial score (nSPS) is 14.8. The molecule has 5 nitrogen and oxygen atoms in total. The minimum atomic E-state index is -0.642. The van der Waals surface area contributed by atoms with Gasteiger partial charge in [0.05, 0.1) is 7.11 Å². The Bertz CT molecular complexity index is 4780. The maximum absolute atomic E-state index is 7.00. The molecule has 14 rings (SSSR count). The van der Waals surface area contributed by atoms with E-state index >= 15 is 0 Å². The predicted molar refractivity (Wildman–Crippen MR) is 510 cm³/mol. The number of allylic oxidation sites excluding steroid dienone is 18. The van der Waals surface area contributed by atoms with Gasteiger partial charge < -0.3 is 24.1 Å². The molecule has 120 heavy (non-hydrogen) atoms. The van der Waals surface area contributed by atoms with Crippen LogP contribution in [0.4, 0.5) is 0 Å². The zero-order valence-electron chi connectivity index (χ0n) is 73.8. The third-order valence-electron chi connectivity index (χ3n) is 23.4. The van der Waals surface area contributed by atoms with E-state index in [4.69, 9.17) is 24.1 Å². The van der Waals surface area contributed by atoms with Crippen LogP contribution in [0.2, 0.25) is 0 Å². The van der Waals surface area contributed by atoms with Crippen molar-refractivity contribution in [1.82, 2.24) is 0 Å². The van der Waals surface area contributed by atoms with Gasteiger partial charge in [-0.15, -0.1) is 0 Å². The van der Waals surface area contributed by atoms with E-state index in [1.165, 1.54) is 92.5 Å². The molecule has 5 heteroatoms. The summed E-state index contributed by atoms with van der Waals surface area (Å²) in [6.45, 7) is 21.9. The lowest BCUT2D eigenvalue weighted by Gasteiger charge is -2.39. The molecule has 0 saturated carbocycles. The van der Waals surface area contributed by atoms with E-state index in [0.29, 0.717) is 6.61 Å². The third kappa shape index (κ3) is 23.4.